The van der Waals surface area contributed by atoms with Crippen LogP contribution in [0.1, 0.15) is 37.7 Å². The maximum absolute atomic E-state index is 13.1. The van der Waals surface area contributed by atoms with Crippen LogP contribution in [0, 0.1) is 5.92 Å². The number of benzene rings is 2. The zero-order chi connectivity index (χ0) is 24.1. The number of ether oxygens (including phenoxy) is 1. The molecule has 2 fully saturated rings. The number of nitrogens with one attached hydrogen (secondary N) is 1. The van der Waals surface area contributed by atoms with Gasteiger partial charge in [0.2, 0.25) is 15.9 Å². The fourth-order valence-electron chi connectivity index (χ4n) is 4.64. The predicted molar refractivity (Wildman–Crippen MR) is 134 cm³/mol. The van der Waals surface area contributed by atoms with Crippen molar-refractivity contribution in [1.29, 1.82) is 0 Å². The van der Waals surface area contributed by atoms with Gasteiger partial charge in [0.25, 0.3) is 0 Å². The second kappa shape index (κ2) is 11.1. The number of anilines is 1. The van der Waals surface area contributed by atoms with Crippen molar-refractivity contribution in [3.63, 3.8) is 0 Å². The number of carbonyl (C=O) groups excluding carboxylic acids is 1. The molecular formula is C25H32ClN3O4S. The molecule has 0 saturated carbocycles. The van der Waals surface area contributed by atoms with Crippen LogP contribution in [-0.4, -0.2) is 56.8 Å². The average molecular weight is 506 g/mol. The van der Waals surface area contributed by atoms with Gasteiger partial charge in [-0.2, -0.15) is 4.31 Å². The molecule has 4 rings (SSSR count). The van der Waals surface area contributed by atoms with E-state index in [1.54, 1.807) is 12.1 Å². The van der Waals surface area contributed by atoms with Gasteiger partial charge < -0.3 is 10.1 Å². The number of amides is 1. The zero-order valence-corrected chi connectivity index (χ0v) is 21.1. The van der Waals surface area contributed by atoms with Crippen molar-refractivity contribution in [2.24, 2.45) is 5.92 Å². The molecule has 2 aromatic rings. The fraction of sp³-hybridized carbons (Fsp3) is 0.480. The summed E-state index contributed by atoms with van der Waals surface area (Å²) in [6.45, 7) is 3.54. The molecule has 7 nitrogen and oxygen atoms in total. The summed E-state index contributed by atoms with van der Waals surface area (Å²) in [5, 5.41) is 3.66. The van der Waals surface area contributed by atoms with Crippen molar-refractivity contribution in [3.8, 4) is 5.75 Å². The van der Waals surface area contributed by atoms with Crippen molar-refractivity contribution in [1.82, 2.24) is 9.21 Å². The maximum Gasteiger partial charge on any atom is 0.243 e. The number of likely N-dealkylation sites (tertiary alicyclic amines) is 1. The molecule has 184 valence electrons. The van der Waals surface area contributed by atoms with Crippen molar-refractivity contribution < 1.29 is 17.9 Å². The first-order valence-electron chi connectivity index (χ1n) is 11.8. The Kier molecular flexibility index (Phi) is 8.14. The molecule has 1 N–H and O–H groups in total. The molecule has 0 aliphatic carbocycles. The summed E-state index contributed by atoms with van der Waals surface area (Å²) in [4.78, 5) is 15.6. The molecular weight excluding hydrogens is 474 g/mol. The third-order valence-electron chi connectivity index (χ3n) is 6.66. The minimum absolute atomic E-state index is 0.100. The van der Waals surface area contributed by atoms with Gasteiger partial charge >= 0.3 is 0 Å². The Morgan fingerprint density at radius 3 is 2.35 bits per heavy atom. The van der Waals surface area contributed by atoms with Crippen LogP contribution in [0.2, 0.25) is 5.02 Å². The number of hydrogen-bond acceptors (Lipinski definition) is 5. The molecule has 0 atom stereocenters. The number of carbonyl (C=O) groups is 1. The first-order chi connectivity index (χ1) is 16.4. The summed E-state index contributed by atoms with van der Waals surface area (Å²) in [7, 11) is -2.09. The van der Waals surface area contributed by atoms with Crippen LogP contribution >= 0.6 is 11.6 Å². The number of halogens is 1. The topological polar surface area (TPSA) is 79.0 Å². The van der Waals surface area contributed by atoms with Crippen LogP contribution in [0.3, 0.4) is 0 Å². The second-order valence-electron chi connectivity index (χ2n) is 8.99. The zero-order valence-electron chi connectivity index (χ0n) is 19.5. The van der Waals surface area contributed by atoms with Crippen LogP contribution in [0.4, 0.5) is 5.69 Å². The molecule has 2 aliphatic rings. The highest BCUT2D eigenvalue weighted by atomic mass is 35.5. The Labute approximate surface area is 207 Å². The molecule has 0 aromatic heterocycles. The van der Waals surface area contributed by atoms with Gasteiger partial charge in [-0.05, 0) is 74.7 Å². The fourth-order valence-corrected chi connectivity index (χ4v) is 6.31. The highest BCUT2D eigenvalue weighted by molar-refractivity contribution is 7.89. The smallest absolute Gasteiger partial charge is 0.243 e. The van der Waals surface area contributed by atoms with E-state index in [1.165, 1.54) is 23.0 Å². The number of sulfonamides is 1. The van der Waals surface area contributed by atoms with E-state index < -0.39 is 10.0 Å². The van der Waals surface area contributed by atoms with Gasteiger partial charge in [-0.25, -0.2) is 8.42 Å². The third kappa shape index (κ3) is 5.92. The van der Waals surface area contributed by atoms with Crippen LogP contribution in [0.15, 0.2) is 47.4 Å². The first-order valence-corrected chi connectivity index (χ1v) is 13.6. The molecule has 34 heavy (non-hydrogen) atoms. The summed E-state index contributed by atoms with van der Waals surface area (Å²) in [6.07, 6.45) is 4.28. The lowest BCUT2D eigenvalue weighted by Gasteiger charge is -2.31. The SMILES string of the molecule is COc1ccc(S(=O)(=O)N2CCCCC2)cc1NC(=O)C1CCN(Cc2ccc(Cl)cc2)CC1. The lowest BCUT2D eigenvalue weighted by Crippen LogP contribution is -2.38. The van der Waals surface area contributed by atoms with E-state index in [-0.39, 0.29) is 16.7 Å². The minimum Gasteiger partial charge on any atom is -0.495 e. The predicted octanol–water partition coefficient (Wildman–Crippen LogP) is 4.37. The Hall–Kier alpha value is -2.13. The molecule has 2 aromatic carbocycles. The Morgan fingerprint density at radius 2 is 1.71 bits per heavy atom. The standard InChI is InChI=1S/C25H32ClN3O4S/c1-33-24-10-9-22(34(31,32)29-13-3-2-4-14-29)17-23(24)27-25(30)20-11-15-28(16-12-20)18-19-5-7-21(26)8-6-19/h5-10,17,20H,2-4,11-16,18H2,1H3,(H,27,30). The number of methoxy groups -OCH3 is 1. The summed E-state index contributed by atoms with van der Waals surface area (Å²) in [6, 6.07) is 12.5. The van der Waals surface area contributed by atoms with Gasteiger partial charge in [0.05, 0.1) is 17.7 Å². The molecule has 0 bridgehead atoms. The van der Waals surface area contributed by atoms with E-state index in [1.807, 2.05) is 24.3 Å². The first kappa shape index (κ1) is 25.0. The number of hydrogen-bond donors (Lipinski definition) is 1. The van der Waals surface area contributed by atoms with Crippen molar-refractivity contribution in [3.05, 3.63) is 53.1 Å². The molecule has 2 heterocycles. The van der Waals surface area contributed by atoms with Gasteiger partial charge in [-0.15, -0.1) is 0 Å². The van der Waals surface area contributed by atoms with E-state index >= 15 is 0 Å². The van der Waals surface area contributed by atoms with Gasteiger partial charge in [0.15, 0.2) is 0 Å². The maximum atomic E-state index is 13.1. The summed E-state index contributed by atoms with van der Waals surface area (Å²) in [5.74, 6) is 0.219. The molecule has 0 unspecified atom stereocenters. The summed E-state index contributed by atoms with van der Waals surface area (Å²) < 4.78 is 33.1. The lowest BCUT2D eigenvalue weighted by molar-refractivity contribution is -0.121. The summed E-state index contributed by atoms with van der Waals surface area (Å²) in [5.41, 5.74) is 1.60. The molecule has 0 spiro atoms. The molecule has 0 radical (unpaired) electrons. The van der Waals surface area contributed by atoms with E-state index in [2.05, 4.69) is 10.2 Å². The van der Waals surface area contributed by atoms with E-state index in [0.29, 0.717) is 24.5 Å². The molecule has 2 aliphatic heterocycles. The van der Waals surface area contributed by atoms with E-state index in [9.17, 15) is 13.2 Å². The van der Waals surface area contributed by atoms with Crippen LogP contribution in [-0.2, 0) is 21.4 Å². The highest BCUT2D eigenvalue weighted by Gasteiger charge is 2.29. The average Bonchev–Trinajstić information content (AvgIpc) is 2.86. The molecule has 1 amide bonds. The Morgan fingerprint density at radius 1 is 1.03 bits per heavy atom. The minimum atomic E-state index is -3.60. The monoisotopic (exact) mass is 505 g/mol. The van der Waals surface area contributed by atoms with E-state index in [4.69, 9.17) is 16.3 Å². The Bertz CT molecular complexity index is 1090. The van der Waals surface area contributed by atoms with Crippen LogP contribution < -0.4 is 10.1 Å². The largest absolute Gasteiger partial charge is 0.495 e. The van der Waals surface area contributed by atoms with E-state index in [0.717, 1.165) is 56.8 Å². The quantitative estimate of drug-likeness (QED) is 0.604. The molecule has 9 heteroatoms. The third-order valence-corrected chi connectivity index (χ3v) is 8.81. The van der Waals surface area contributed by atoms with Crippen molar-refractivity contribution in [2.45, 2.75) is 43.5 Å². The van der Waals surface area contributed by atoms with Gasteiger partial charge in [0, 0.05) is 30.6 Å². The molecule has 2 saturated heterocycles. The number of nitrogens with zero attached hydrogens (tertiary/aromatic N) is 2. The van der Waals surface area contributed by atoms with Crippen LogP contribution in [0.25, 0.3) is 0 Å². The van der Waals surface area contributed by atoms with Gasteiger partial charge in [-0.1, -0.05) is 30.2 Å². The van der Waals surface area contributed by atoms with Gasteiger partial charge in [-0.3, -0.25) is 9.69 Å². The van der Waals surface area contributed by atoms with Crippen LogP contribution in [0.5, 0.6) is 5.75 Å². The second-order valence-corrected chi connectivity index (χ2v) is 11.4. The Balaban J connectivity index is 1.39. The van der Waals surface area contributed by atoms with Gasteiger partial charge in [0.1, 0.15) is 5.75 Å². The lowest BCUT2D eigenvalue weighted by atomic mass is 9.95. The number of rotatable bonds is 7. The highest BCUT2D eigenvalue weighted by Crippen LogP contribution is 2.31. The normalized spacial score (nSPS) is 18.5. The number of piperidine rings is 2. The van der Waals surface area contributed by atoms with Crippen molar-refractivity contribution in [2.75, 3.05) is 38.6 Å². The van der Waals surface area contributed by atoms with Crippen molar-refractivity contribution >= 4 is 33.2 Å². The summed E-state index contributed by atoms with van der Waals surface area (Å²) >= 11 is 5.97.